The maximum atomic E-state index is 7.14. The highest BCUT2D eigenvalue weighted by Crippen LogP contribution is 2.44. The second kappa shape index (κ2) is 17.8. The van der Waals surface area contributed by atoms with Gasteiger partial charge in [-0.05, 0) is 54.5 Å². The standard InChI is InChI=1S/C43H54O7/c1-5-43(3)42(50-43)26-38-35(30-46-28-34-18-20-36(44-4)21-19-34)23-31(2)24-40-41(49-38)25-39(47-29-33-15-10-7-11-16-33)37(48-40)17-12-22-45-27-32-13-8-6-9-14-32/h5-21,31,35,37-42H,1,22-30H2,2-4H3/b17-12+/t31-,35-,37+,38-,39+,40-,41+,42+,43+/m0/s1. The predicted molar refractivity (Wildman–Crippen MR) is 195 cm³/mol. The topological polar surface area (TPSA) is 67.9 Å². The van der Waals surface area contributed by atoms with Crippen molar-refractivity contribution in [1.29, 1.82) is 0 Å². The van der Waals surface area contributed by atoms with Crippen LogP contribution in [0.2, 0.25) is 0 Å². The van der Waals surface area contributed by atoms with E-state index in [-0.39, 0.29) is 48.1 Å². The van der Waals surface area contributed by atoms with Gasteiger partial charge in [0.25, 0.3) is 0 Å². The minimum atomic E-state index is -0.311. The van der Waals surface area contributed by atoms with Gasteiger partial charge in [-0.1, -0.05) is 97.9 Å². The molecule has 3 aromatic carbocycles. The van der Waals surface area contributed by atoms with Crippen molar-refractivity contribution in [3.05, 3.63) is 126 Å². The Kier molecular flexibility index (Phi) is 13.0. The number of epoxide rings is 1. The highest BCUT2D eigenvalue weighted by atomic mass is 16.6. The molecule has 0 bridgehead atoms. The summed E-state index contributed by atoms with van der Waals surface area (Å²) >= 11 is 0. The van der Waals surface area contributed by atoms with Crippen LogP contribution in [0.1, 0.15) is 56.2 Å². The SMILES string of the molecule is C=C[C@@]1(C)O[C@@H]1C[C@@H]1O[C@@H]2C[C@@H](OCc3ccccc3)[C@@H](/C=C/COCc3ccccc3)O[C@H]2C[C@@H](C)C[C@H]1COCc1ccc(OC)cc1. The lowest BCUT2D eigenvalue weighted by Gasteiger charge is -2.45. The van der Waals surface area contributed by atoms with Crippen molar-refractivity contribution in [3.63, 3.8) is 0 Å². The normalized spacial score (nSPS) is 31.0. The van der Waals surface area contributed by atoms with Crippen LogP contribution < -0.4 is 4.74 Å². The maximum absolute atomic E-state index is 7.14. The zero-order valence-electron chi connectivity index (χ0n) is 29.9. The van der Waals surface area contributed by atoms with Crippen LogP contribution in [0.3, 0.4) is 0 Å². The zero-order chi connectivity index (χ0) is 34.8. The third kappa shape index (κ3) is 10.2. The summed E-state index contributed by atoms with van der Waals surface area (Å²) in [5, 5.41) is 0. The van der Waals surface area contributed by atoms with Gasteiger partial charge < -0.3 is 33.2 Å². The minimum Gasteiger partial charge on any atom is -0.497 e. The molecule has 0 N–H and O–H groups in total. The average molecular weight is 683 g/mol. The Labute approximate surface area is 298 Å². The van der Waals surface area contributed by atoms with Gasteiger partial charge in [-0.3, -0.25) is 0 Å². The van der Waals surface area contributed by atoms with Crippen LogP contribution in [0.15, 0.2) is 110 Å². The molecule has 7 heteroatoms. The fraction of sp³-hybridized carbons (Fsp3) is 0.488. The second-order valence-electron chi connectivity index (χ2n) is 14.3. The van der Waals surface area contributed by atoms with Crippen LogP contribution in [0, 0.1) is 11.8 Å². The summed E-state index contributed by atoms with van der Waals surface area (Å²) in [5.74, 6) is 1.48. The molecule has 0 spiro atoms. The Bertz CT molecular complexity index is 1480. The molecule has 3 aliphatic rings. The lowest BCUT2D eigenvalue weighted by atomic mass is 9.81. The van der Waals surface area contributed by atoms with Gasteiger partial charge >= 0.3 is 0 Å². The summed E-state index contributed by atoms with van der Waals surface area (Å²) in [5.41, 5.74) is 3.10. The molecular weight excluding hydrogens is 628 g/mol. The summed E-state index contributed by atoms with van der Waals surface area (Å²) in [6.07, 6.45) is 9.03. The van der Waals surface area contributed by atoms with Gasteiger partial charge in [0.05, 0.1) is 70.7 Å². The van der Waals surface area contributed by atoms with Crippen molar-refractivity contribution >= 4 is 0 Å². The molecule has 3 heterocycles. The van der Waals surface area contributed by atoms with E-state index in [1.54, 1.807) is 7.11 Å². The van der Waals surface area contributed by atoms with Gasteiger partial charge in [0.1, 0.15) is 17.5 Å². The molecule has 0 radical (unpaired) electrons. The highest BCUT2D eigenvalue weighted by molar-refractivity contribution is 5.26. The minimum absolute atomic E-state index is 0.0453. The number of hydrogen-bond acceptors (Lipinski definition) is 7. The first-order valence-electron chi connectivity index (χ1n) is 18.2. The molecule has 6 rings (SSSR count). The van der Waals surface area contributed by atoms with Crippen LogP contribution in [-0.4, -0.2) is 62.5 Å². The van der Waals surface area contributed by atoms with Crippen LogP contribution in [0.5, 0.6) is 5.75 Å². The van der Waals surface area contributed by atoms with Crippen molar-refractivity contribution in [1.82, 2.24) is 0 Å². The van der Waals surface area contributed by atoms with E-state index in [0.29, 0.717) is 39.0 Å². The zero-order valence-corrected chi connectivity index (χ0v) is 29.9. The van der Waals surface area contributed by atoms with E-state index in [4.69, 9.17) is 33.2 Å². The number of ether oxygens (including phenoxy) is 7. The van der Waals surface area contributed by atoms with Gasteiger partial charge in [0.15, 0.2) is 0 Å². The molecule has 7 nitrogen and oxygen atoms in total. The molecule has 0 unspecified atom stereocenters. The molecule has 3 aromatic rings. The molecule has 0 aliphatic carbocycles. The van der Waals surface area contributed by atoms with Crippen molar-refractivity contribution < 1.29 is 33.2 Å². The number of hydrogen-bond donors (Lipinski definition) is 0. The van der Waals surface area contributed by atoms with Crippen LogP contribution in [0.4, 0.5) is 0 Å². The summed E-state index contributed by atoms with van der Waals surface area (Å²) < 4.78 is 44.5. The van der Waals surface area contributed by atoms with E-state index in [1.807, 2.05) is 54.6 Å². The molecule has 3 fully saturated rings. The molecule has 0 aromatic heterocycles. The molecule has 50 heavy (non-hydrogen) atoms. The first-order chi connectivity index (χ1) is 24.4. The van der Waals surface area contributed by atoms with E-state index in [2.05, 4.69) is 69.0 Å². The van der Waals surface area contributed by atoms with Gasteiger partial charge in [-0.2, -0.15) is 0 Å². The number of benzene rings is 3. The summed E-state index contributed by atoms with van der Waals surface area (Å²) in [4.78, 5) is 0. The lowest BCUT2D eigenvalue weighted by molar-refractivity contribution is -0.218. The Balaban J connectivity index is 1.15. The number of fused-ring (bicyclic) bond motifs is 1. The molecule has 9 atom stereocenters. The van der Waals surface area contributed by atoms with Gasteiger partial charge in [0.2, 0.25) is 0 Å². The van der Waals surface area contributed by atoms with E-state index in [1.165, 1.54) is 0 Å². The van der Waals surface area contributed by atoms with Crippen LogP contribution in [-0.2, 0) is 48.2 Å². The molecule has 268 valence electrons. The van der Waals surface area contributed by atoms with E-state index in [9.17, 15) is 0 Å². The van der Waals surface area contributed by atoms with Crippen molar-refractivity contribution in [2.24, 2.45) is 11.8 Å². The summed E-state index contributed by atoms with van der Waals surface area (Å²) in [6.45, 7) is 11.2. The first-order valence-corrected chi connectivity index (χ1v) is 18.2. The number of rotatable bonds is 16. The average Bonchev–Trinajstić information content (AvgIpc) is 3.80. The fourth-order valence-corrected chi connectivity index (χ4v) is 7.28. The first kappa shape index (κ1) is 36.5. The predicted octanol–water partition coefficient (Wildman–Crippen LogP) is 8.26. The summed E-state index contributed by atoms with van der Waals surface area (Å²) in [7, 11) is 1.68. The smallest absolute Gasteiger partial charge is 0.118 e. The fourth-order valence-electron chi connectivity index (χ4n) is 7.28. The Hall–Kier alpha value is -3.30. The van der Waals surface area contributed by atoms with Crippen molar-refractivity contribution in [2.45, 2.75) is 102 Å². The van der Waals surface area contributed by atoms with Crippen molar-refractivity contribution in [2.75, 3.05) is 20.3 Å². The monoisotopic (exact) mass is 682 g/mol. The molecule has 3 aliphatic heterocycles. The third-order valence-electron chi connectivity index (χ3n) is 10.3. The van der Waals surface area contributed by atoms with E-state index >= 15 is 0 Å². The Morgan fingerprint density at radius 3 is 2.14 bits per heavy atom. The van der Waals surface area contributed by atoms with Gasteiger partial charge in [-0.15, -0.1) is 6.58 Å². The van der Waals surface area contributed by atoms with Crippen molar-refractivity contribution in [3.8, 4) is 5.75 Å². The maximum Gasteiger partial charge on any atom is 0.118 e. The lowest BCUT2D eigenvalue weighted by Crippen LogP contribution is -2.52. The third-order valence-corrected chi connectivity index (χ3v) is 10.3. The van der Waals surface area contributed by atoms with Gasteiger partial charge in [0, 0.05) is 18.8 Å². The van der Waals surface area contributed by atoms with E-state index < -0.39 is 0 Å². The summed E-state index contributed by atoms with van der Waals surface area (Å²) in [6, 6.07) is 28.6. The number of methoxy groups -OCH3 is 1. The van der Waals surface area contributed by atoms with Crippen LogP contribution in [0.25, 0.3) is 0 Å². The Morgan fingerprint density at radius 1 is 0.800 bits per heavy atom. The molecule has 0 amide bonds. The molecule has 3 saturated heterocycles. The largest absolute Gasteiger partial charge is 0.497 e. The van der Waals surface area contributed by atoms with Gasteiger partial charge in [-0.25, -0.2) is 0 Å². The Morgan fingerprint density at radius 2 is 1.46 bits per heavy atom. The second-order valence-corrected chi connectivity index (χ2v) is 14.3. The van der Waals surface area contributed by atoms with E-state index in [0.717, 1.165) is 48.1 Å². The van der Waals surface area contributed by atoms with Crippen LogP contribution >= 0.6 is 0 Å². The molecular formula is C43H54O7. The molecule has 0 saturated carbocycles. The highest BCUT2D eigenvalue weighted by Gasteiger charge is 2.52. The quantitative estimate of drug-likeness (QED) is 0.0856.